The third-order valence-corrected chi connectivity index (χ3v) is 4.21. The van der Waals surface area contributed by atoms with Crippen molar-refractivity contribution >= 4 is 18.1 Å². The van der Waals surface area contributed by atoms with Crippen molar-refractivity contribution in [1.29, 1.82) is 0 Å². The lowest BCUT2D eigenvalue weighted by atomic mass is 10.1. The highest BCUT2D eigenvalue weighted by atomic mass is 16.5. The van der Waals surface area contributed by atoms with Gasteiger partial charge in [-0.3, -0.25) is 4.79 Å². The quantitative estimate of drug-likeness (QED) is 0.673. The maximum absolute atomic E-state index is 12.4. The minimum absolute atomic E-state index is 0.144. The Morgan fingerprint density at radius 3 is 2.46 bits per heavy atom. The monoisotopic (exact) mass is 375 g/mol. The highest BCUT2D eigenvalue weighted by Crippen LogP contribution is 2.14. The number of aromatic nitrogens is 1. The molecular formula is C23H21NO4. The summed E-state index contributed by atoms with van der Waals surface area (Å²) in [7, 11) is 0. The van der Waals surface area contributed by atoms with Crippen LogP contribution < -0.4 is 10.3 Å². The fourth-order valence-corrected chi connectivity index (χ4v) is 2.79. The molecule has 0 bridgehead atoms. The Labute approximate surface area is 163 Å². The van der Waals surface area contributed by atoms with Gasteiger partial charge in [-0.25, -0.2) is 4.79 Å². The normalized spacial score (nSPS) is 10.9. The summed E-state index contributed by atoms with van der Waals surface area (Å²) in [5, 5.41) is 9.08. The second kappa shape index (κ2) is 8.86. The van der Waals surface area contributed by atoms with Crippen LogP contribution in [0.5, 0.6) is 5.75 Å². The van der Waals surface area contributed by atoms with Gasteiger partial charge in [-0.1, -0.05) is 36.4 Å². The van der Waals surface area contributed by atoms with Crippen LogP contribution in [0.15, 0.2) is 71.7 Å². The molecule has 0 fully saturated rings. The molecule has 0 atom stereocenters. The summed E-state index contributed by atoms with van der Waals surface area (Å²) in [6.07, 6.45) is 5.53. The Morgan fingerprint density at radius 1 is 1.04 bits per heavy atom. The molecule has 3 aromatic rings. The number of nitrogens with zero attached hydrogens (tertiary/aromatic N) is 1. The van der Waals surface area contributed by atoms with Gasteiger partial charge in [0.15, 0.2) is 0 Å². The molecule has 0 aliphatic heterocycles. The minimum atomic E-state index is -0.982. The smallest absolute Gasteiger partial charge is 0.335 e. The van der Waals surface area contributed by atoms with Crippen molar-refractivity contribution in [2.45, 2.75) is 13.5 Å². The van der Waals surface area contributed by atoms with Crippen molar-refractivity contribution in [3.05, 3.63) is 99.5 Å². The zero-order chi connectivity index (χ0) is 19.9. The van der Waals surface area contributed by atoms with Gasteiger partial charge in [-0.2, -0.15) is 0 Å². The van der Waals surface area contributed by atoms with E-state index >= 15 is 0 Å². The van der Waals surface area contributed by atoms with Crippen LogP contribution in [0.1, 0.15) is 34.0 Å². The summed E-state index contributed by atoms with van der Waals surface area (Å²) in [5.41, 5.74) is 2.64. The van der Waals surface area contributed by atoms with Crippen LogP contribution in [0.2, 0.25) is 0 Å². The number of benzene rings is 2. The lowest BCUT2D eigenvalue weighted by Crippen LogP contribution is -2.19. The molecule has 0 amide bonds. The van der Waals surface area contributed by atoms with E-state index in [1.54, 1.807) is 35.0 Å². The minimum Gasteiger partial charge on any atom is -0.494 e. The lowest BCUT2D eigenvalue weighted by molar-refractivity contribution is 0.0696. The topological polar surface area (TPSA) is 68.5 Å². The molecule has 2 aromatic carbocycles. The van der Waals surface area contributed by atoms with Crippen LogP contribution in [-0.4, -0.2) is 22.2 Å². The Hall–Kier alpha value is -3.60. The van der Waals surface area contributed by atoms with E-state index in [9.17, 15) is 9.59 Å². The number of aromatic carboxylic acids is 1. The highest BCUT2D eigenvalue weighted by Gasteiger charge is 2.04. The maximum atomic E-state index is 12.4. The number of ether oxygens (including phenoxy) is 1. The Bertz CT molecular complexity index is 1050. The van der Waals surface area contributed by atoms with Gasteiger partial charge in [-0.15, -0.1) is 0 Å². The first-order valence-electron chi connectivity index (χ1n) is 8.99. The molecule has 0 saturated heterocycles. The molecule has 5 heteroatoms. The van der Waals surface area contributed by atoms with E-state index in [-0.39, 0.29) is 11.1 Å². The molecule has 0 aliphatic carbocycles. The molecule has 28 heavy (non-hydrogen) atoms. The third kappa shape index (κ3) is 4.98. The number of carboxylic acids is 1. The van der Waals surface area contributed by atoms with Crippen molar-refractivity contribution in [1.82, 2.24) is 4.57 Å². The van der Waals surface area contributed by atoms with Crippen molar-refractivity contribution in [3.63, 3.8) is 0 Å². The van der Waals surface area contributed by atoms with Crippen molar-refractivity contribution in [2.75, 3.05) is 6.61 Å². The summed E-state index contributed by atoms with van der Waals surface area (Å²) >= 11 is 0. The fourth-order valence-electron chi connectivity index (χ4n) is 2.79. The van der Waals surface area contributed by atoms with Gasteiger partial charge in [0.1, 0.15) is 5.75 Å². The van der Waals surface area contributed by atoms with E-state index in [1.165, 1.54) is 6.07 Å². The first-order valence-corrected chi connectivity index (χ1v) is 8.99. The standard InChI is InChI=1S/C23H21NO4/c1-2-28-21-10-8-17(9-11-21)6-7-18-12-13-24(22(25)15-18)16-19-4-3-5-20(14-19)23(26)27/h3-15H,2,16H2,1H3,(H,26,27)/b7-6+. The Balaban J connectivity index is 1.72. The average molecular weight is 375 g/mol. The zero-order valence-electron chi connectivity index (χ0n) is 15.5. The summed E-state index contributed by atoms with van der Waals surface area (Å²) in [6, 6.07) is 17.7. The van der Waals surface area contributed by atoms with Crippen LogP contribution >= 0.6 is 0 Å². The van der Waals surface area contributed by atoms with E-state index < -0.39 is 5.97 Å². The molecule has 0 radical (unpaired) electrons. The molecule has 1 heterocycles. The maximum Gasteiger partial charge on any atom is 0.335 e. The highest BCUT2D eigenvalue weighted by molar-refractivity contribution is 5.87. The molecule has 1 aromatic heterocycles. The Kier molecular flexibility index (Phi) is 6.07. The lowest BCUT2D eigenvalue weighted by Gasteiger charge is -2.07. The predicted molar refractivity (Wildman–Crippen MR) is 110 cm³/mol. The third-order valence-electron chi connectivity index (χ3n) is 4.21. The first-order chi connectivity index (χ1) is 13.5. The van der Waals surface area contributed by atoms with Crippen molar-refractivity contribution < 1.29 is 14.6 Å². The molecule has 3 rings (SSSR count). The van der Waals surface area contributed by atoms with Gasteiger partial charge in [0.05, 0.1) is 18.7 Å². The van der Waals surface area contributed by atoms with Crippen LogP contribution in [0.25, 0.3) is 12.2 Å². The Morgan fingerprint density at radius 2 is 1.79 bits per heavy atom. The summed E-state index contributed by atoms with van der Waals surface area (Å²) < 4.78 is 6.97. The number of carbonyl (C=O) groups is 1. The van der Waals surface area contributed by atoms with Crippen LogP contribution in [0.4, 0.5) is 0 Å². The molecule has 1 N–H and O–H groups in total. The SMILES string of the molecule is CCOc1ccc(/C=C/c2ccn(Cc3cccc(C(=O)O)c3)c(=O)c2)cc1. The summed E-state index contributed by atoms with van der Waals surface area (Å²) in [6.45, 7) is 2.90. The second-order valence-electron chi connectivity index (χ2n) is 6.27. The van der Waals surface area contributed by atoms with E-state index in [0.717, 1.165) is 22.4 Å². The molecule has 0 spiro atoms. The largest absolute Gasteiger partial charge is 0.494 e. The number of pyridine rings is 1. The molecule has 0 saturated carbocycles. The molecule has 5 nitrogen and oxygen atoms in total. The zero-order valence-corrected chi connectivity index (χ0v) is 15.5. The van der Waals surface area contributed by atoms with E-state index in [2.05, 4.69) is 0 Å². The van der Waals surface area contributed by atoms with Gasteiger partial charge >= 0.3 is 5.97 Å². The summed E-state index contributed by atoms with van der Waals surface area (Å²) in [4.78, 5) is 23.5. The van der Waals surface area contributed by atoms with Gasteiger partial charge in [0.2, 0.25) is 0 Å². The molecular weight excluding hydrogens is 354 g/mol. The summed E-state index contributed by atoms with van der Waals surface area (Å²) in [5.74, 6) is -0.154. The van der Waals surface area contributed by atoms with Gasteiger partial charge in [0, 0.05) is 12.3 Å². The van der Waals surface area contributed by atoms with Crippen LogP contribution in [0.3, 0.4) is 0 Å². The number of hydrogen-bond donors (Lipinski definition) is 1. The van der Waals surface area contributed by atoms with Gasteiger partial charge in [-0.05, 0) is 53.9 Å². The van der Waals surface area contributed by atoms with Gasteiger partial charge in [0.25, 0.3) is 5.56 Å². The first kappa shape index (κ1) is 19.2. The van der Waals surface area contributed by atoms with Crippen LogP contribution in [-0.2, 0) is 6.54 Å². The van der Waals surface area contributed by atoms with E-state index in [1.807, 2.05) is 49.4 Å². The second-order valence-corrected chi connectivity index (χ2v) is 6.27. The van der Waals surface area contributed by atoms with Crippen molar-refractivity contribution in [2.24, 2.45) is 0 Å². The van der Waals surface area contributed by atoms with E-state index in [4.69, 9.17) is 9.84 Å². The number of rotatable bonds is 7. The molecule has 0 unspecified atom stereocenters. The number of hydrogen-bond acceptors (Lipinski definition) is 3. The predicted octanol–water partition coefficient (Wildman–Crippen LogP) is 4.16. The van der Waals surface area contributed by atoms with Crippen LogP contribution in [0, 0.1) is 0 Å². The molecule has 142 valence electrons. The van der Waals surface area contributed by atoms with Crippen molar-refractivity contribution in [3.8, 4) is 5.75 Å². The van der Waals surface area contributed by atoms with Gasteiger partial charge < -0.3 is 14.4 Å². The van der Waals surface area contributed by atoms with E-state index in [0.29, 0.717) is 13.2 Å². The average Bonchev–Trinajstić information content (AvgIpc) is 2.70. The number of carboxylic acid groups (broad SMARTS) is 1. The fraction of sp³-hybridized carbons (Fsp3) is 0.130. The molecule has 0 aliphatic rings.